The van der Waals surface area contributed by atoms with Crippen molar-refractivity contribution in [2.75, 3.05) is 33.5 Å². The zero-order valence-electron chi connectivity index (χ0n) is 10.2. The summed E-state index contributed by atoms with van der Waals surface area (Å²) in [6.45, 7) is 2.02. The number of esters is 1. The van der Waals surface area contributed by atoms with Crippen molar-refractivity contribution in [1.29, 1.82) is 0 Å². The van der Waals surface area contributed by atoms with Crippen molar-refractivity contribution in [1.82, 2.24) is 4.98 Å². The van der Waals surface area contributed by atoms with Gasteiger partial charge < -0.3 is 14.2 Å². The summed E-state index contributed by atoms with van der Waals surface area (Å²) in [6.07, 6.45) is 2.14. The number of pyridine rings is 1. The van der Waals surface area contributed by atoms with Crippen molar-refractivity contribution in [3.05, 3.63) is 28.5 Å². The van der Waals surface area contributed by atoms with Crippen molar-refractivity contribution in [3.63, 3.8) is 0 Å². The molecule has 0 amide bonds. The number of carbonyl (C=O) groups is 1. The Morgan fingerprint density at radius 2 is 2.11 bits per heavy atom. The molecular weight excluding hydrogens is 302 g/mol. The molecule has 0 aromatic carbocycles. The Labute approximate surface area is 115 Å². The van der Waals surface area contributed by atoms with E-state index in [-0.39, 0.29) is 5.97 Å². The maximum Gasteiger partial charge on any atom is 0.339 e. The molecule has 0 spiro atoms. The first-order chi connectivity index (χ1) is 8.74. The number of methoxy groups -OCH3 is 1. The second-order valence-corrected chi connectivity index (χ2v) is 4.28. The van der Waals surface area contributed by atoms with E-state index in [4.69, 9.17) is 14.2 Å². The summed E-state index contributed by atoms with van der Waals surface area (Å²) in [5.74, 6) is -0.369. The lowest BCUT2D eigenvalue weighted by molar-refractivity contribution is 0.0385. The fourth-order valence-corrected chi connectivity index (χ4v) is 1.38. The van der Waals surface area contributed by atoms with Gasteiger partial charge in [0, 0.05) is 26.3 Å². The molecule has 0 saturated carbocycles. The lowest BCUT2D eigenvalue weighted by Gasteiger charge is -2.05. The summed E-state index contributed by atoms with van der Waals surface area (Å²) in [5.41, 5.74) is 0.443. The number of hydrogen-bond donors (Lipinski definition) is 0. The molecule has 0 aliphatic heterocycles. The number of carbonyl (C=O) groups excluding carboxylic acids is 1. The molecule has 0 saturated heterocycles. The molecule has 0 unspecified atom stereocenters. The lowest BCUT2D eigenvalue weighted by atomic mass is 10.3. The van der Waals surface area contributed by atoms with E-state index in [1.165, 1.54) is 6.20 Å². The zero-order valence-corrected chi connectivity index (χ0v) is 11.8. The van der Waals surface area contributed by atoms with E-state index < -0.39 is 0 Å². The Kier molecular flexibility index (Phi) is 7.55. The Bertz CT molecular complexity index is 356. The third kappa shape index (κ3) is 6.09. The van der Waals surface area contributed by atoms with Crippen LogP contribution in [0.15, 0.2) is 22.9 Å². The highest BCUT2D eigenvalue weighted by molar-refractivity contribution is 9.10. The average Bonchev–Trinajstić information content (AvgIpc) is 2.38. The molecule has 0 aliphatic rings. The zero-order chi connectivity index (χ0) is 13.2. The van der Waals surface area contributed by atoms with Gasteiger partial charge in [-0.1, -0.05) is 0 Å². The van der Waals surface area contributed by atoms with Crippen LogP contribution in [0, 0.1) is 0 Å². The highest BCUT2D eigenvalue weighted by Gasteiger charge is 2.06. The summed E-state index contributed by atoms with van der Waals surface area (Å²) in [4.78, 5) is 15.5. The fourth-order valence-electron chi connectivity index (χ4n) is 1.15. The van der Waals surface area contributed by atoms with Gasteiger partial charge in [0.25, 0.3) is 0 Å². The van der Waals surface area contributed by atoms with Gasteiger partial charge in [0.2, 0.25) is 0 Å². The smallest absolute Gasteiger partial charge is 0.339 e. The van der Waals surface area contributed by atoms with E-state index in [1.54, 1.807) is 19.2 Å². The molecule has 1 rings (SSSR count). The van der Waals surface area contributed by atoms with Crippen LogP contribution < -0.4 is 0 Å². The minimum absolute atomic E-state index is 0.335. The number of hydrogen-bond acceptors (Lipinski definition) is 5. The van der Waals surface area contributed by atoms with Crippen LogP contribution in [-0.2, 0) is 14.2 Å². The molecule has 0 fully saturated rings. The Hall–Kier alpha value is -0.980. The quantitative estimate of drug-likeness (QED) is 0.417. The SMILES string of the molecule is COCCOCCCOC(=O)c1ccc(Br)nc1. The van der Waals surface area contributed by atoms with E-state index in [0.717, 1.165) is 0 Å². The molecule has 1 aromatic heterocycles. The molecule has 0 N–H and O–H groups in total. The van der Waals surface area contributed by atoms with Crippen LogP contribution in [0.2, 0.25) is 0 Å². The summed E-state index contributed by atoms with van der Waals surface area (Å²) < 4.78 is 15.8. The highest BCUT2D eigenvalue weighted by atomic mass is 79.9. The van der Waals surface area contributed by atoms with Gasteiger partial charge >= 0.3 is 5.97 Å². The topological polar surface area (TPSA) is 57.7 Å². The van der Waals surface area contributed by atoms with E-state index in [1.807, 2.05) is 0 Å². The molecule has 0 aliphatic carbocycles. The van der Waals surface area contributed by atoms with E-state index in [2.05, 4.69) is 20.9 Å². The third-order valence-corrected chi connectivity index (χ3v) is 2.53. The van der Waals surface area contributed by atoms with Gasteiger partial charge in [0.15, 0.2) is 0 Å². The Morgan fingerprint density at radius 1 is 1.28 bits per heavy atom. The number of halogens is 1. The van der Waals surface area contributed by atoms with Crippen molar-refractivity contribution >= 4 is 21.9 Å². The normalized spacial score (nSPS) is 10.3. The van der Waals surface area contributed by atoms with E-state index in [0.29, 0.717) is 43.0 Å². The Morgan fingerprint density at radius 3 is 2.78 bits per heavy atom. The van der Waals surface area contributed by atoms with Crippen LogP contribution in [-0.4, -0.2) is 44.5 Å². The van der Waals surface area contributed by atoms with Crippen LogP contribution in [0.25, 0.3) is 0 Å². The molecule has 1 heterocycles. The minimum Gasteiger partial charge on any atom is -0.462 e. The summed E-state index contributed by atoms with van der Waals surface area (Å²) in [6, 6.07) is 3.36. The minimum atomic E-state index is -0.369. The second-order valence-electron chi connectivity index (χ2n) is 3.46. The number of rotatable bonds is 8. The number of nitrogens with zero attached hydrogens (tertiary/aromatic N) is 1. The maximum absolute atomic E-state index is 11.6. The molecule has 0 radical (unpaired) electrons. The van der Waals surface area contributed by atoms with Crippen molar-refractivity contribution in [2.24, 2.45) is 0 Å². The van der Waals surface area contributed by atoms with Crippen LogP contribution in [0.3, 0.4) is 0 Å². The molecule has 5 nitrogen and oxygen atoms in total. The monoisotopic (exact) mass is 317 g/mol. The highest BCUT2D eigenvalue weighted by Crippen LogP contribution is 2.07. The van der Waals surface area contributed by atoms with Crippen molar-refractivity contribution < 1.29 is 19.0 Å². The van der Waals surface area contributed by atoms with Crippen molar-refractivity contribution in [3.8, 4) is 0 Å². The summed E-state index contributed by atoms with van der Waals surface area (Å²) in [7, 11) is 1.62. The number of ether oxygens (including phenoxy) is 3. The van der Waals surface area contributed by atoms with Gasteiger partial charge in [-0.15, -0.1) is 0 Å². The first-order valence-electron chi connectivity index (χ1n) is 5.59. The van der Waals surface area contributed by atoms with E-state index >= 15 is 0 Å². The summed E-state index contributed by atoms with van der Waals surface area (Å²) >= 11 is 3.20. The van der Waals surface area contributed by atoms with Gasteiger partial charge in [-0.05, 0) is 28.1 Å². The van der Waals surface area contributed by atoms with Gasteiger partial charge in [0.05, 0.1) is 25.4 Å². The molecule has 1 aromatic rings. The van der Waals surface area contributed by atoms with Crippen molar-refractivity contribution in [2.45, 2.75) is 6.42 Å². The molecule has 18 heavy (non-hydrogen) atoms. The summed E-state index contributed by atoms with van der Waals surface area (Å²) in [5, 5.41) is 0. The molecule has 100 valence electrons. The van der Waals surface area contributed by atoms with E-state index in [9.17, 15) is 4.79 Å². The van der Waals surface area contributed by atoms with Gasteiger partial charge in [0.1, 0.15) is 4.60 Å². The standard InChI is InChI=1S/C12H16BrNO4/c1-16-7-8-17-5-2-6-18-12(15)10-3-4-11(13)14-9-10/h3-4,9H,2,5-8H2,1H3. The van der Waals surface area contributed by atoms with Crippen LogP contribution in [0.1, 0.15) is 16.8 Å². The van der Waals surface area contributed by atoms with Gasteiger partial charge in [-0.2, -0.15) is 0 Å². The fraction of sp³-hybridized carbons (Fsp3) is 0.500. The first kappa shape index (κ1) is 15.1. The average molecular weight is 318 g/mol. The first-order valence-corrected chi connectivity index (χ1v) is 6.38. The predicted molar refractivity (Wildman–Crippen MR) is 69.5 cm³/mol. The largest absolute Gasteiger partial charge is 0.462 e. The molecular formula is C12H16BrNO4. The lowest BCUT2D eigenvalue weighted by Crippen LogP contribution is -2.10. The van der Waals surface area contributed by atoms with Gasteiger partial charge in [-0.25, -0.2) is 9.78 Å². The van der Waals surface area contributed by atoms with Crippen LogP contribution in [0.5, 0.6) is 0 Å². The third-order valence-electron chi connectivity index (χ3n) is 2.06. The van der Waals surface area contributed by atoms with Crippen LogP contribution in [0.4, 0.5) is 0 Å². The number of aromatic nitrogens is 1. The second kappa shape index (κ2) is 9.02. The van der Waals surface area contributed by atoms with Gasteiger partial charge in [-0.3, -0.25) is 0 Å². The predicted octanol–water partition coefficient (Wildman–Crippen LogP) is 2.05. The molecule has 0 atom stereocenters. The Balaban J connectivity index is 2.12. The molecule has 0 bridgehead atoms. The maximum atomic E-state index is 11.6. The van der Waals surface area contributed by atoms with Crippen LogP contribution >= 0.6 is 15.9 Å². The molecule has 6 heteroatoms.